The Balaban J connectivity index is 2.17. The molecule has 25 heavy (non-hydrogen) atoms. The summed E-state index contributed by atoms with van der Waals surface area (Å²) >= 11 is 6.49. The fourth-order valence-electron chi connectivity index (χ4n) is 1.75. The number of thiophene rings is 1. The number of phenols is 1. The van der Waals surface area contributed by atoms with Crippen molar-refractivity contribution in [2.75, 3.05) is 0 Å². The molecule has 0 radical (unpaired) electrons. The molecule has 0 aliphatic rings. The molecule has 0 aliphatic carbocycles. The van der Waals surface area contributed by atoms with E-state index in [1.807, 2.05) is 0 Å². The van der Waals surface area contributed by atoms with Crippen LogP contribution in [0.25, 0.3) is 0 Å². The Hall–Kier alpha value is -2.39. The van der Waals surface area contributed by atoms with Crippen molar-refractivity contribution in [1.29, 1.82) is 0 Å². The van der Waals surface area contributed by atoms with Gasteiger partial charge in [-0.25, -0.2) is 5.43 Å². The molecule has 0 aliphatic heterocycles. The number of nitrogens with zero attached hydrogens (tertiary/aromatic N) is 1. The fraction of sp³-hybridized carbons (Fsp3) is 0.133. The van der Waals surface area contributed by atoms with Gasteiger partial charge in [-0.2, -0.15) is 18.3 Å². The third kappa shape index (κ3) is 5.04. The number of carbonyl (C=O) groups is 2. The van der Waals surface area contributed by atoms with Crippen LogP contribution in [0.15, 0.2) is 41.5 Å². The lowest BCUT2D eigenvalue weighted by Crippen LogP contribution is -2.30. The number of hydrogen-bond acceptors (Lipinski definition) is 5. The minimum Gasteiger partial charge on any atom is -0.507 e. The number of hydrogen-bond donors (Lipinski definition) is 2. The van der Waals surface area contributed by atoms with E-state index in [0.29, 0.717) is 0 Å². The number of hydrazone groups is 1. The van der Waals surface area contributed by atoms with Crippen molar-refractivity contribution in [3.8, 4) is 5.75 Å². The van der Waals surface area contributed by atoms with Gasteiger partial charge in [-0.15, -0.1) is 11.3 Å². The number of rotatable bonds is 5. The smallest absolute Gasteiger partial charge is 0.431 e. The Labute approximate surface area is 148 Å². The number of benzene rings is 1. The van der Waals surface area contributed by atoms with Gasteiger partial charge >= 0.3 is 6.18 Å². The number of phenolic OH excluding ortho intramolecular Hbond substituents is 1. The summed E-state index contributed by atoms with van der Waals surface area (Å²) in [6.45, 7) is 0. The Morgan fingerprint density at radius 2 is 1.88 bits per heavy atom. The van der Waals surface area contributed by atoms with Crippen molar-refractivity contribution in [2.45, 2.75) is 12.6 Å². The standard InChI is InChI=1S/C15H10ClF3N2O3S/c16-13-6-5-11(25-13)10(23)7-12(15(17,18)19)20-21-14(24)8-3-1-2-4-9(8)22/h1-6,22H,7H2,(H,21,24)/b20-12+. The number of para-hydroxylation sites is 1. The predicted molar refractivity (Wildman–Crippen MR) is 87.3 cm³/mol. The Kier molecular flexibility index (Phi) is 5.81. The minimum atomic E-state index is -4.91. The van der Waals surface area contributed by atoms with Crippen LogP contribution in [0.5, 0.6) is 5.75 Å². The first-order valence-electron chi connectivity index (χ1n) is 6.69. The predicted octanol–water partition coefficient (Wildman–Crippen LogP) is 4.03. The highest BCUT2D eigenvalue weighted by atomic mass is 35.5. The first-order chi connectivity index (χ1) is 11.7. The molecule has 0 bridgehead atoms. The second-order valence-corrected chi connectivity index (χ2v) is 6.43. The highest BCUT2D eigenvalue weighted by molar-refractivity contribution is 7.18. The van der Waals surface area contributed by atoms with Crippen molar-refractivity contribution in [1.82, 2.24) is 5.43 Å². The normalized spacial score (nSPS) is 12.1. The Bertz CT molecular complexity index is 833. The summed E-state index contributed by atoms with van der Waals surface area (Å²) in [5.41, 5.74) is -0.0104. The van der Waals surface area contributed by atoms with Gasteiger partial charge in [-0.05, 0) is 24.3 Å². The number of aromatic hydroxyl groups is 1. The lowest BCUT2D eigenvalue weighted by molar-refractivity contribution is -0.0605. The molecule has 132 valence electrons. The maximum atomic E-state index is 13.0. The monoisotopic (exact) mass is 390 g/mol. The zero-order valence-electron chi connectivity index (χ0n) is 12.3. The summed E-state index contributed by atoms with van der Waals surface area (Å²) in [6, 6.07) is 7.99. The number of carbonyl (C=O) groups excluding carboxylic acids is 2. The van der Waals surface area contributed by atoms with Gasteiger partial charge in [0.1, 0.15) is 11.5 Å². The summed E-state index contributed by atoms with van der Waals surface area (Å²) in [4.78, 5) is 23.8. The van der Waals surface area contributed by atoms with Crippen LogP contribution in [0, 0.1) is 0 Å². The third-order valence-corrected chi connectivity index (χ3v) is 4.22. The number of halogens is 4. The van der Waals surface area contributed by atoms with E-state index in [1.54, 1.807) is 5.43 Å². The highest BCUT2D eigenvalue weighted by Gasteiger charge is 2.37. The molecule has 5 nitrogen and oxygen atoms in total. The molecule has 0 saturated heterocycles. The molecule has 2 N–H and O–H groups in total. The van der Waals surface area contributed by atoms with E-state index in [0.717, 1.165) is 11.3 Å². The molecule has 0 spiro atoms. The lowest BCUT2D eigenvalue weighted by atomic mass is 10.1. The van der Waals surface area contributed by atoms with Crippen molar-refractivity contribution in [2.24, 2.45) is 5.10 Å². The zero-order chi connectivity index (χ0) is 18.6. The van der Waals surface area contributed by atoms with E-state index >= 15 is 0 Å². The molecular weight excluding hydrogens is 381 g/mol. The molecule has 2 aromatic rings. The molecule has 2 rings (SSSR count). The lowest BCUT2D eigenvalue weighted by Gasteiger charge is -2.10. The second-order valence-electron chi connectivity index (χ2n) is 4.72. The van der Waals surface area contributed by atoms with E-state index < -0.39 is 35.7 Å². The van der Waals surface area contributed by atoms with Crippen LogP contribution < -0.4 is 5.43 Å². The van der Waals surface area contributed by atoms with Crippen LogP contribution in [-0.2, 0) is 0 Å². The van der Waals surface area contributed by atoms with Gasteiger partial charge < -0.3 is 5.11 Å². The average molecular weight is 391 g/mol. The number of alkyl halides is 3. The minimum absolute atomic E-state index is 0.0500. The van der Waals surface area contributed by atoms with Crippen LogP contribution in [0.3, 0.4) is 0 Å². The van der Waals surface area contributed by atoms with Crippen molar-refractivity contribution >= 4 is 40.3 Å². The molecule has 0 unspecified atom stereocenters. The van der Waals surface area contributed by atoms with Crippen LogP contribution in [0.4, 0.5) is 13.2 Å². The quantitative estimate of drug-likeness (QED) is 0.459. The first-order valence-corrected chi connectivity index (χ1v) is 7.88. The second kappa shape index (κ2) is 7.66. The summed E-state index contributed by atoms with van der Waals surface area (Å²) in [5, 5.41) is 12.5. The summed E-state index contributed by atoms with van der Waals surface area (Å²) < 4.78 is 39.3. The molecule has 1 amide bonds. The van der Waals surface area contributed by atoms with E-state index in [2.05, 4.69) is 5.10 Å². The van der Waals surface area contributed by atoms with E-state index in [1.165, 1.54) is 36.4 Å². The van der Waals surface area contributed by atoms with Gasteiger partial charge in [0.15, 0.2) is 5.78 Å². The molecule has 0 atom stereocenters. The number of ketones is 1. The van der Waals surface area contributed by atoms with Gasteiger partial charge in [0.25, 0.3) is 5.91 Å². The maximum absolute atomic E-state index is 13.0. The summed E-state index contributed by atoms with van der Waals surface area (Å²) in [6.07, 6.45) is -5.97. The maximum Gasteiger partial charge on any atom is 0.431 e. The zero-order valence-corrected chi connectivity index (χ0v) is 13.9. The molecule has 1 heterocycles. The number of nitrogens with one attached hydrogen (secondary N) is 1. The summed E-state index contributed by atoms with van der Waals surface area (Å²) in [7, 11) is 0. The average Bonchev–Trinajstić information content (AvgIpc) is 2.97. The van der Waals surface area contributed by atoms with Gasteiger partial charge in [0.05, 0.1) is 21.2 Å². The van der Waals surface area contributed by atoms with Crippen LogP contribution >= 0.6 is 22.9 Å². The van der Waals surface area contributed by atoms with E-state index in [-0.39, 0.29) is 14.8 Å². The third-order valence-electron chi connectivity index (χ3n) is 2.94. The topological polar surface area (TPSA) is 78.8 Å². The SMILES string of the molecule is O=C(C/C(=N\NC(=O)c1ccccc1O)C(F)(F)F)c1ccc(Cl)s1. The van der Waals surface area contributed by atoms with Gasteiger partial charge in [0.2, 0.25) is 0 Å². The molecule has 1 aromatic heterocycles. The van der Waals surface area contributed by atoms with Gasteiger partial charge in [-0.1, -0.05) is 23.7 Å². The van der Waals surface area contributed by atoms with Crippen LogP contribution in [0.2, 0.25) is 4.34 Å². The number of Topliss-reactive ketones (excluding diaryl/α,β-unsaturated/α-hetero) is 1. The molecule has 0 saturated carbocycles. The molecular formula is C15H10ClF3N2O3S. The Morgan fingerprint density at radius 3 is 2.44 bits per heavy atom. The molecule has 1 aromatic carbocycles. The largest absolute Gasteiger partial charge is 0.507 e. The Morgan fingerprint density at radius 1 is 1.20 bits per heavy atom. The highest BCUT2D eigenvalue weighted by Crippen LogP contribution is 2.25. The molecule has 0 fully saturated rings. The molecule has 10 heteroatoms. The van der Waals surface area contributed by atoms with Gasteiger partial charge in [0, 0.05) is 0 Å². The van der Waals surface area contributed by atoms with E-state index in [9.17, 15) is 27.9 Å². The van der Waals surface area contributed by atoms with Gasteiger partial charge in [-0.3, -0.25) is 9.59 Å². The summed E-state index contributed by atoms with van der Waals surface area (Å²) in [5.74, 6) is -2.27. The fourth-order valence-corrected chi connectivity index (χ4v) is 2.73. The van der Waals surface area contributed by atoms with Crippen molar-refractivity contribution in [3.05, 3.63) is 51.2 Å². The number of amides is 1. The van der Waals surface area contributed by atoms with E-state index in [4.69, 9.17) is 11.6 Å². The first kappa shape index (κ1) is 18.9. The van der Waals surface area contributed by atoms with Crippen LogP contribution in [-0.4, -0.2) is 28.7 Å². The van der Waals surface area contributed by atoms with Crippen molar-refractivity contribution < 1.29 is 27.9 Å². The van der Waals surface area contributed by atoms with Crippen molar-refractivity contribution in [3.63, 3.8) is 0 Å². The van der Waals surface area contributed by atoms with Crippen LogP contribution in [0.1, 0.15) is 26.5 Å².